The molecule has 4 aliphatic heterocycles. The first kappa shape index (κ1) is 27.4. The first-order chi connectivity index (χ1) is 20.9. The average Bonchev–Trinajstić information content (AvgIpc) is 3.64. The number of ketones is 1. The minimum Gasteiger partial charge on any atom is -0.493 e. The molecule has 0 radical (unpaired) electrons. The van der Waals surface area contributed by atoms with Gasteiger partial charge >= 0.3 is 0 Å². The summed E-state index contributed by atoms with van der Waals surface area (Å²) >= 11 is 0. The van der Waals surface area contributed by atoms with E-state index in [2.05, 4.69) is 40.2 Å². The first-order valence-electron chi connectivity index (χ1n) is 15.5. The maximum atomic E-state index is 14.0. The summed E-state index contributed by atoms with van der Waals surface area (Å²) in [7, 11) is 5.46. The van der Waals surface area contributed by atoms with Gasteiger partial charge < -0.3 is 28.8 Å². The summed E-state index contributed by atoms with van der Waals surface area (Å²) in [5.74, 6) is 3.25. The van der Waals surface area contributed by atoms with Gasteiger partial charge in [0.1, 0.15) is 6.10 Å². The lowest BCUT2D eigenvalue weighted by Crippen LogP contribution is -2.48. The van der Waals surface area contributed by atoms with E-state index in [1.807, 2.05) is 13.1 Å². The lowest BCUT2D eigenvalue weighted by Gasteiger charge is -2.40. The average molecular weight is 589 g/mol. The van der Waals surface area contributed by atoms with Gasteiger partial charge in [0.2, 0.25) is 6.79 Å². The molecular weight excluding hydrogens is 548 g/mol. The second-order valence-corrected chi connectivity index (χ2v) is 13.2. The predicted octanol–water partition coefficient (Wildman–Crippen LogP) is 3.47. The highest BCUT2D eigenvalue weighted by molar-refractivity contribution is 5.98. The highest BCUT2D eigenvalue weighted by Crippen LogP contribution is 2.58. The van der Waals surface area contributed by atoms with Crippen LogP contribution >= 0.6 is 0 Å². The summed E-state index contributed by atoms with van der Waals surface area (Å²) < 4.78 is 29.7. The van der Waals surface area contributed by atoms with E-state index in [0.717, 1.165) is 67.1 Å². The number of ether oxygens (including phenoxy) is 5. The largest absolute Gasteiger partial charge is 0.493 e. The molecule has 9 nitrogen and oxygen atoms in total. The Kier molecular flexibility index (Phi) is 6.35. The van der Waals surface area contributed by atoms with Gasteiger partial charge in [0, 0.05) is 43.6 Å². The molecule has 9 heteroatoms. The zero-order valence-corrected chi connectivity index (χ0v) is 25.1. The van der Waals surface area contributed by atoms with Crippen molar-refractivity contribution in [2.24, 2.45) is 0 Å². The van der Waals surface area contributed by atoms with Gasteiger partial charge in [-0.25, -0.2) is 0 Å². The van der Waals surface area contributed by atoms with Crippen LogP contribution in [0.2, 0.25) is 0 Å². The highest BCUT2D eigenvalue weighted by atomic mass is 16.7. The fourth-order valence-electron chi connectivity index (χ4n) is 9.01. The monoisotopic (exact) mass is 588 g/mol. The van der Waals surface area contributed by atoms with Crippen LogP contribution in [-0.4, -0.2) is 86.2 Å². The van der Waals surface area contributed by atoms with Crippen molar-refractivity contribution in [1.82, 2.24) is 9.80 Å². The summed E-state index contributed by atoms with van der Waals surface area (Å²) in [5.41, 5.74) is 3.71. The summed E-state index contributed by atoms with van der Waals surface area (Å²) in [6.07, 6.45) is 7.72. The Morgan fingerprint density at radius 3 is 2.74 bits per heavy atom. The molecule has 1 saturated heterocycles. The van der Waals surface area contributed by atoms with Crippen LogP contribution in [0.3, 0.4) is 0 Å². The molecule has 8 rings (SSSR count). The Labute approximate surface area is 252 Å². The summed E-state index contributed by atoms with van der Waals surface area (Å²) in [6.45, 7) is 2.88. The van der Waals surface area contributed by atoms with Gasteiger partial charge in [-0.3, -0.25) is 14.6 Å². The van der Waals surface area contributed by atoms with Crippen LogP contribution < -0.4 is 18.9 Å². The van der Waals surface area contributed by atoms with Gasteiger partial charge in [0.25, 0.3) is 0 Å². The van der Waals surface area contributed by atoms with Gasteiger partial charge in [0.15, 0.2) is 28.8 Å². The van der Waals surface area contributed by atoms with Crippen molar-refractivity contribution in [1.29, 1.82) is 0 Å². The number of aliphatic hydroxyl groups excluding tert-OH is 1. The van der Waals surface area contributed by atoms with Gasteiger partial charge in [-0.2, -0.15) is 0 Å². The van der Waals surface area contributed by atoms with E-state index in [1.165, 1.54) is 11.1 Å². The standard InChI is InChI=1S/C34H40N2O7/c1-35-18-29(38)34(9-7-23(39-2)14-28(34)35)24-15-27-26(41-19-42-27)12-21(24)17-36-11-10-33-8-6-22(37)13-30(33)43-32-25(40-3)5-4-20(16-36)31(32)33/h4-5,7,9,12,15,22-23,28,30,37H,6,8,10-11,13-14,16-19H2,1-3H3/t22-,23+,28-,30-,33-,34-/m0/s1. The molecule has 6 atom stereocenters. The van der Waals surface area contributed by atoms with Crippen LogP contribution in [0.5, 0.6) is 23.0 Å². The third kappa shape index (κ3) is 3.94. The molecule has 2 aromatic rings. The van der Waals surface area contributed by atoms with Crippen molar-refractivity contribution in [3.05, 3.63) is 58.7 Å². The summed E-state index contributed by atoms with van der Waals surface area (Å²) in [6, 6.07) is 8.36. The van der Waals surface area contributed by atoms with E-state index in [9.17, 15) is 9.90 Å². The maximum absolute atomic E-state index is 14.0. The number of benzene rings is 2. The number of Topliss-reactive ketones (excluding diaryl/α,β-unsaturated/α-hetero) is 1. The number of rotatable bonds is 5. The number of fused-ring (bicyclic) bond motifs is 2. The van der Waals surface area contributed by atoms with Crippen molar-refractivity contribution in [3.8, 4) is 23.0 Å². The Balaban J connectivity index is 1.20. The van der Waals surface area contributed by atoms with Crippen LogP contribution in [0.15, 0.2) is 36.4 Å². The quantitative estimate of drug-likeness (QED) is 0.528. The SMILES string of the molecule is COc1ccc2c3c1O[C@H]1C[C@@H](O)CC[C@@]31CCN(Cc1cc3c(cc1[C@@]14C=C[C@@H](OC)C[C@@H]1N(C)CC4=O)OCO3)C2. The number of carbonyl (C=O) groups is 1. The molecule has 228 valence electrons. The van der Waals surface area contributed by atoms with Crippen molar-refractivity contribution in [3.63, 3.8) is 0 Å². The number of nitrogens with zero attached hydrogens (tertiary/aromatic N) is 2. The molecule has 0 bridgehead atoms. The van der Waals surface area contributed by atoms with Crippen LogP contribution in [0.25, 0.3) is 0 Å². The zero-order chi connectivity index (χ0) is 29.5. The Morgan fingerprint density at radius 2 is 1.93 bits per heavy atom. The second kappa shape index (κ2) is 9.95. The number of carbonyl (C=O) groups excluding carboxylic acids is 1. The fraction of sp³-hybridized carbons (Fsp3) is 0.559. The van der Waals surface area contributed by atoms with Crippen LogP contribution in [0.1, 0.15) is 54.4 Å². The first-order valence-corrected chi connectivity index (χ1v) is 15.5. The lowest BCUT2D eigenvalue weighted by molar-refractivity contribution is -0.120. The van der Waals surface area contributed by atoms with Gasteiger partial charge in [0.05, 0.1) is 31.3 Å². The number of aliphatic hydroxyl groups is 1. The smallest absolute Gasteiger partial charge is 0.231 e. The Morgan fingerprint density at radius 1 is 1.09 bits per heavy atom. The molecular formula is C34H40N2O7. The molecule has 0 aromatic heterocycles. The molecule has 1 spiro atoms. The van der Waals surface area contributed by atoms with Crippen molar-refractivity contribution < 1.29 is 33.6 Å². The van der Waals surface area contributed by atoms with E-state index in [0.29, 0.717) is 25.3 Å². The van der Waals surface area contributed by atoms with E-state index in [1.54, 1.807) is 14.2 Å². The van der Waals surface area contributed by atoms with Crippen molar-refractivity contribution in [2.45, 2.75) is 80.4 Å². The molecule has 2 fully saturated rings. The van der Waals surface area contributed by atoms with E-state index >= 15 is 0 Å². The van der Waals surface area contributed by atoms with Crippen molar-refractivity contribution >= 4 is 5.78 Å². The molecule has 1 saturated carbocycles. The number of methoxy groups -OCH3 is 2. The van der Waals surface area contributed by atoms with E-state index < -0.39 is 5.41 Å². The molecule has 6 aliphatic rings. The fourth-order valence-corrected chi connectivity index (χ4v) is 9.01. The third-order valence-corrected chi connectivity index (χ3v) is 11.2. The number of hydrogen-bond acceptors (Lipinski definition) is 9. The van der Waals surface area contributed by atoms with Crippen LogP contribution in [0.4, 0.5) is 0 Å². The Hall–Kier alpha value is -3.11. The minimum absolute atomic E-state index is 0.00519. The summed E-state index contributed by atoms with van der Waals surface area (Å²) in [4.78, 5) is 18.6. The molecule has 4 heterocycles. The molecule has 0 amide bonds. The highest BCUT2D eigenvalue weighted by Gasteiger charge is 2.57. The van der Waals surface area contributed by atoms with Gasteiger partial charge in [-0.1, -0.05) is 18.2 Å². The second-order valence-electron chi connectivity index (χ2n) is 13.2. The minimum atomic E-state index is -0.768. The van der Waals surface area contributed by atoms with E-state index in [-0.39, 0.29) is 42.3 Å². The normalized spacial score (nSPS) is 34.4. The van der Waals surface area contributed by atoms with Crippen LogP contribution in [0, 0.1) is 0 Å². The lowest BCUT2D eigenvalue weighted by atomic mass is 9.65. The topological polar surface area (TPSA) is 89.9 Å². The van der Waals surface area contributed by atoms with Crippen molar-refractivity contribution in [2.75, 3.05) is 41.1 Å². The molecule has 1 N–H and O–H groups in total. The van der Waals surface area contributed by atoms with Gasteiger partial charge in [-0.15, -0.1) is 0 Å². The maximum Gasteiger partial charge on any atom is 0.231 e. The zero-order valence-electron chi connectivity index (χ0n) is 25.1. The molecule has 2 aliphatic carbocycles. The van der Waals surface area contributed by atoms with Gasteiger partial charge in [-0.05, 0) is 74.2 Å². The number of likely N-dealkylation sites (N-methyl/N-ethyl adjacent to an activating group) is 1. The molecule has 2 aromatic carbocycles. The third-order valence-electron chi connectivity index (χ3n) is 11.2. The summed E-state index contributed by atoms with van der Waals surface area (Å²) in [5, 5.41) is 10.6. The van der Waals surface area contributed by atoms with Crippen LogP contribution in [-0.2, 0) is 33.5 Å². The Bertz CT molecular complexity index is 1510. The molecule has 43 heavy (non-hydrogen) atoms. The molecule has 0 unspecified atom stereocenters. The number of hydrogen-bond donors (Lipinski definition) is 1. The number of likely N-dealkylation sites (tertiary alicyclic amines) is 1. The van der Waals surface area contributed by atoms with E-state index in [4.69, 9.17) is 23.7 Å². The predicted molar refractivity (Wildman–Crippen MR) is 158 cm³/mol.